The molecule has 2 nitrogen and oxygen atoms in total. The van der Waals surface area contributed by atoms with E-state index in [0.29, 0.717) is 5.92 Å². The van der Waals surface area contributed by atoms with Gasteiger partial charge in [0, 0.05) is 11.5 Å². The van der Waals surface area contributed by atoms with E-state index in [1.807, 2.05) is 0 Å². The second-order valence-corrected chi connectivity index (χ2v) is 11.2. The summed E-state index contributed by atoms with van der Waals surface area (Å²) in [5, 5.41) is 0. The Hall–Kier alpha value is -0.573. The summed E-state index contributed by atoms with van der Waals surface area (Å²) in [6.45, 7) is 6.83. The summed E-state index contributed by atoms with van der Waals surface area (Å²) >= 11 is 0. The molecule has 0 aromatic carbocycles. The first-order chi connectivity index (χ1) is 7.47. The topological polar surface area (TPSA) is 26.3 Å². The summed E-state index contributed by atoms with van der Waals surface area (Å²) in [6.07, 6.45) is 6.17. The molecule has 0 bridgehead atoms. The van der Waals surface area contributed by atoms with E-state index >= 15 is 0 Å². The van der Waals surface area contributed by atoms with Gasteiger partial charge in [0.1, 0.15) is 6.10 Å². The van der Waals surface area contributed by atoms with Gasteiger partial charge in [-0.2, -0.15) is 0 Å². The van der Waals surface area contributed by atoms with Crippen LogP contribution < -0.4 is 0 Å². The van der Waals surface area contributed by atoms with E-state index < -0.39 is 8.07 Å². The minimum Gasteiger partial charge on any atom is -0.458 e. The summed E-state index contributed by atoms with van der Waals surface area (Å²) < 4.78 is 5.52. The lowest BCUT2D eigenvalue weighted by Gasteiger charge is -2.16. The van der Waals surface area contributed by atoms with Crippen LogP contribution in [0.25, 0.3) is 0 Å². The smallest absolute Gasteiger partial charge is 0.334 e. The lowest BCUT2D eigenvalue weighted by atomic mass is 9.93. The van der Waals surface area contributed by atoms with E-state index in [-0.39, 0.29) is 12.1 Å². The molecule has 1 aliphatic carbocycles. The second-order valence-electron chi connectivity index (χ2n) is 6.15. The molecule has 2 aliphatic rings. The predicted octanol–water partition coefficient (Wildman–Crippen LogP) is 3.30. The predicted molar refractivity (Wildman–Crippen MR) is 67.9 cm³/mol. The van der Waals surface area contributed by atoms with Crippen molar-refractivity contribution < 1.29 is 9.53 Å². The number of esters is 1. The van der Waals surface area contributed by atoms with Gasteiger partial charge < -0.3 is 4.74 Å². The quantitative estimate of drug-likeness (QED) is 0.398. The monoisotopic (exact) mass is 238 g/mol. The highest BCUT2D eigenvalue weighted by atomic mass is 28.3. The SMILES string of the molecule is C[Si](C)(C)/C=C1\C(=O)O[C@@H]2CCCCC[C@@H]12. The molecule has 2 atom stereocenters. The van der Waals surface area contributed by atoms with E-state index in [1.54, 1.807) is 0 Å². The van der Waals surface area contributed by atoms with Crippen molar-refractivity contribution in [1.29, 1.82) is 0 Å². The van der Waals surface area contributed by atoms with Crippen LogP contribution in [0.3, 0.4) is 0 Å². The van der Waals surface area contributed by atoms with Crippen LogP contribution in [0.4, 0.5) is 0 Å². The highest BCUT2D eigenvalue weighted by Crippen LogP contribution is 2.38. The molecule has 0 aromatic rings. The number of rotatable bonds is 1. The zero-order valence-corrected chi connectivity index (χ0v) is 11.6. The molecule has 0 amide bonds. The Morgan fingerprint density at radius 2 is 1.88 bits per heavy atom. The highest BCUT2D eigenvalue weighted by Gasteiger charge is 2.40. The maximum atomic E-state index is 11.9. The summed E-state index contributed by atoms with van der Waals surface area (Å²) in [5.41, 5.74) is 3.26. The number of fused-ring (bicyclic) bond motifs is 1. The first kappa shape index (κ1) is 11.9. The maximum Gasteiger partial charge on any atom is 0.334 e. The largest absolute Gasteiger partial charge is 0.458 e. The van der Waals surface area contributed by atoms with Crippen LogP contribution in [-0.4, -0.2) is 20.1 Å². The van der Waals surface area contributed by atoms with Gasteiger partial charge >= 0.3 is 5.97 Å². The number of carbonyl (C=O) groups is 1. The molecule has 1 heterocycles. The van der Waals surface area contributed by atoms with Gasteiger partial charge in [0.05, 0.1) is 8.07 Å². The van der Waals surface area contributed by atoms with Gasteiger partial charge in [0.25, 0.3) is 0 Å². The van der Waals surface area contributed by atoms with Crippen LogP contribution >= 0.6 is 0 Å². The maximum absolute atomic E-state index is 11.9. The molecule has 0 N–H and O–H groups in total. The Morgan fingerprint density at radius 3 is 2.56 bits per heavy atom. The fraction of sp³-hybridized carbons (Fsp3) is 0.769. The van der Waals surface area contributed by atoms with Crippen LogP contribution in [0.2, 0.25) is 19.6 Å². The fourth-order valence-electron chi connectivity index (χ4n) is 2.76. The van der Waals surface area contributed by atoms with Gasteiger partial charge in [0.2, 0.25) is 0 Å². The van der Waals surface area contributed by atoms with Gasteiger partial charge in [-0.1, -0.05) is 38.2 Å². The molecule has 1 saturated carbocycles. The van der Waals surface area contributed by atoms with Crippen molar-refractivity contribution in [1.82, 2.24) is 0 Å². The molecule has 3 heteroatoms. The third kappa shape index (κ3) is 2.57. The molecule has 0 unspecified atom stereocenters. The molecule has 0 aromatic heterocycles. The summed E-state index contributed by atoms with van der Waals surface area (Å²) in [6, 6.07) is 0. The molecule has 0 radical (unpaired) electrons. The molecule has 16 heavy (non-hydrogen) atoms. The van der Waals surface area contributed by atoms with Crippen molar-refractivity contribution in [3.05, 3.63) is 11.3 Å². The number of hydrogen-bond donors (Lipinski definition) is 0. The second kappa shape index (κ2) is 4.36. The summed E-state index contributed by atoms with van der Waals surface area (Å²) in [5.74, 6) is 0.376. The van der Waals surface area contributed by atoms with Gasteiger partial charge in [-0.3, -0.25) is 0 Å². The van der Waals surface area contributed by atoms with Gasteiger partial charge in [-0.05, 0) is 19.3 Å². The van der Waals surface area contributed by atoms with E-state index in [9.17, 15) is 4.79 Å². The van der Waals surface area contributed by atoms with Gasteiger partial charge in [-0.15, -0.1) is 0 Å². The fourth-order valence-corrected chi connectivity index (χ4v) is 4.02. The van der Waals surface area contributed by atoms with Crippen molar-refractivity contribution in [2.75, 3.05) is 0 Å². The van der Waals surface area contributed by atoms with Crippen molar-refractivity contribution in [3.63, 3.8) is 0 Å². The third-order valence-electron chi connectivity index (χ3n) is 3.43. The van der Waals surface area contributed by atoms with Crippen LogP contribution in [-0.2, 0) is 9.53 Å². The van der Waals surface area contributed by atoms with E-state index in [2.05, 4.69) is 25.3 Å². The molecule has 2 fully saturated rings. The van der Waals surface area contributed by atoms with E-state index in [1.165, 1.54) is 19.3 Å². The van der Waals surface area contributed by atoms with Crippen LogP contribution in [0.15, 0.2) is 11.3 Å². The lowest BCUT2D eigenvalue weighted by molar-refractivity contribution is -0.139. The number of hydrogen-bond acceptors (Lipinski definition) is 2. The lowest BCUT2D eigenvalue weighted by Crippen LogP contribution is -2.20. The average molecular weight is 238 g/mol. The average Bonchev–Trinajstić information content (AvgIpc) is 2.39. The van der Waals surface area contributed by atoms with Crippen LogP contribution in [0.1, 0.15) is 32.1 Å². The van der Waals surface area contributed by atoms with Gasteiger partial charge in [0.15, 0.2) is 0 Å². The molecule has 1 saturated heterocycles. The van der Waals surface area contributed by atoms with Crippen molar-refractivity contribution in [2.45, 2.75) is 57.8 Å². The van der Waals surface area contributed by atoms with Crippen molar-refractivity contribution in [2.24, 2.45) is 5.92 Å². The number of carbonyl (C=O) groups excluding carboxylic acids is 1. The standard InChI is InChI=1S/C13H22O2Si/c1-16(2,3)9-11-10-7-5-4-6-8-12(10)15-13(11)14/h9-10,12H,4-8H2,1-3H3/b11-9-/t10-,12+/m0/s1. The first-order valence-corrected chi connectivity index (χ1v) is 9.99. The first-order valence-electron chi connectivity index (χ1n) is 6.41. The Balaban J connectivity index is 2.24. The summed E-state index contributed by atoms with van der Waals surface area (Å²) in [7, 11) is -1.32. The minimum absolute atomic E-state index is 0.0284. The zero-order valence-electron chi connectivity index (χ0n) is 10.6. The van der Waals surface area contributed by atoms with Gasteiger partial charge in [-0.25, -0.2) is 4.79 Å². The zero-order chi connectivity index (χ0) is 11.8. The van der Waals surface area contributed by atoms with Crippen molar-refractivity contribution in [3.8, 4) is 0 Å². The molecular weight excluding hydrogens is 216 g/mol. The van der Waals surface area contributed by atoms with Crippen LogP contribution in [0.5, 0.6) is 0 Å². The summed E-state index contributed by atoms with van der Waals surface area (Å²) in [4.78, 5) is 11.9. The minimum atomic E-state index is -1.32. The third-order valence-corrected chi connectivity index (χ3v) is 4.61. The molecule has 1 aliphatic heterocycles. The Kier molecular flexibility index (Phi) is 3.24. The Morgan fingerprint density at radius 1 is 1.19 bits per heavy atom. The Labute approximate surface area is 99.1 Å². The molecule has 2 rings (SSSR count). The molecular formula is C13H22O2Si. The normalized spacial score (nSPS) is 33.4. The highest BCUT2D eigenvalue weighted by molar-refractivity contribution is 6.81. The molecule has 0 spiro atoms. The van der Waals surface area contributed by atoms with Crippen molar-refractivity contribution >= 4 is 14.0 Å². The van der Waals surface area contributed by atoms with Crippen LogP contribution in [0, 0.1) is 5.92 Å². The Bertz CT molecular complexity index is 314. The molecule has 90 valence electrons. The van der Waals surface area contributed by atoms with E-state index in [0.717, 1.165) is 18.4 Å². The van der Waals surface area contributed by atoms with E-state index in [4.69, 9.17) is 4.74 Å². The number of ether oxygens (including phenoxy) is 1.